The van der Waals surface area contributed by atoms with Crippen molar-refractivity contribution in [3.63, 3.8) is 0 Å². The van der Waals surface area contributed by atoms with E-state index in [0.29, 0.717) is 29.5 Å². The summed E-state index contributed by atoms with van der Waals surface area (Å²) in [6.07, 6.45) is 2.45. The minimum atomic E-state index is -0.151. The van der Waals surface area contributed by atoms with Crippen molar-refractivity contribution in [3.8, 4) is 11.5 Å². The molecule has 3 heterocycles. The number of pyridine rings is 1. The molecule has 0 spiro atoms. The largest absolute Gasteiger partial charge is 0.350 e. The van der Waals surface area contributed by atoms with Gasteiger partial charge in [-0.3, -0.25) is 9.78 Å². The van der Waals surface area contributed by atoms with Crippen LogP contribution < -0.4 is 5.32 Å². The van der Waals surface area contributed by atoms with Gasteiger partial charge < -0.3 is 10.3 Å². The normalized spacial score (nSPS) is 16.9. The van der Waals surface area contributed by atoms with E-state index in [1.54, 1.807) is 6.20 Å². The Morgan fingerprint density at radius 1 is 1.20 bits per heavy atom. The van der Waals surface area contributed by atoms with Crippen molar-refractivity contribution in [1.29, 1.82) is 0 Å². The van der Waals surface area contributed by atoms with Gasteiger partial charge in [-0.05, 0) is 48.7 Å². The molecule has 1 aromatic carbocycles. The van der Waals surface area contributed by atoms with Crippen molar-refractivity contribution >= 4 is 17.5 Å². The number of nitrogens with one attached hydrogen (secondary N) is 2. The number of amides is 1. The van der Waals surface area contributed by atoms with Gasteiger partial charge in [0.05, 0.1) is 0 Å². The first-order valence-corrected chi connectivity index (χ1v) is 8.53. The topological polar surface area (TPSA) is 70.7 Å². The minimum Gasteiger partial charge on any atom is -0.350 e. The summed E-state index contributed by atoms with van der Waals surface area (Å²) in [6, 6.07) is 11.6. The van der Waals surface area contributed by atoms with E-state index in [1.165, 1.54) is 0 Å². The summed E-state index contributed by atoms with van der Waals surface area (Å²) in [7, 11) is 0. The molecule has 0 saturated carbocycles. The highest BCUT2D eigenvalue weighted by molar-refractivity contribution is 6.30. The predicted octanol–water partition coefficient (Wildman–Crippen LogP) is 3.50. The van der Waals surface area contributed by atoms with E-state index < -0.39 is 0 Å². The van der Waals surface area contributed by atoms with Crippen LogP contribution in [0.4, 0.5) is 0 Å². The molecule has 6 heteroatoms. The fourth-order valence-electron chi connectivity index (χ4n) is 3.12. The van der Waals surface area contributed by atoms with Crippen LogP contribution >= 0.6 is 11.6 Å². The lowest BCUT2D eigenvalue weighted by molar-refractivity contribution is 0.0950. The summed E-state index contributed by atoms with van der Waals surface area (Å²) in [5, 5.41) is 3.67. The summed E-state index contributed by atoms with van der Waals surface area (Å²) in [5.41, 5.74) is 4.27. The van der Waals surface area contributed by atoms with Gasteiger partial charge in [0.25, 0.3) is 5.91 Å². The number of carbonyl (C=O) groups is 1. The van der Waals surface area contributed by atoms with Crippen LogP contribution in [0.15, 0.2) is 42.6 Å². The summed E-state index contributed by atoms with van der Waals surface area (Å²) >= 11 is 5.98. The van der Waals surface area contributed by atoms with Gasteiger partial charge in [-0.2, -0.15) is 0 Å². The van der Waals surface area contributed by atoms with Crippen molar-refractivity contribution in [2.75, 3.05) is 6.54 Å². The molecule has 0 saturated heterocycles. The van der Waals surface area contributed by atoms with Crippen LogP contribution in [0.3, 0.4) is 0 Å². The average Bonchev–Trinajstić information content (AvgIpc) is 2.97. The highest BCUT2D eigenvalue weighted by Crippen LogP contribution is 2.27. The zero-order valence-corrected chi connectivity index (χ0v) is 14.5. The van der Waals surface area contributed by atoms with E-state index in [1.807, 2.05) is 43.3 Å². The predicted molar refractivity (Wildman–Crippen MR) is 96.8 cm³/mol. The maximum absolute atomic E-state index is 12.4. The summed E-state index contributed by atoms with van der Waals surface area (Å²) in [4.78, 5) is 24.6. The molecule has 1 atom stereocenters. The molecular weight excluding hydrogens is 336 g/mol. The molecule has 3 aromatic rings. The number of fused-ring (bicyclic) bond motifs is 1. The van der Waals surface area contributed by atoms with E-state index in [4.69, 9.17) is 11.6 Å². The van der Waals surface area contributed by atoms with Crippen LogP contribution in [0.2, 0.25) is 5.02 Å². The van der Waals surface area contributed by atoms with E-state index in [2.05, 4.69) is 20.3 Å². The molecule has 25 heavy (non-hydrogen) atoms. The van der Waals surface area contributed by atoms with Crippen LogP contribution in [0, 0.1) is 6.92 Å². The van der Waals surface area contributed by atoms with Gasteiger partial charge in [0.2, 0.25) is 0 Å². The molecule has 2 aromatic heterocycles. The zero-order chi connectivity index (χ0) is 17.4. The van der Waals surface area contributed by atoms with Gasteiger partial charge in [0, 0.05) is 29.4 Å². The number of imidazole rings is 1. The monoisotopic (exact) mass is 352 g/mol. The van der Waals surface area contributed by atoms with Gasteiger partial charge in [-0.15, -0.1) is 0 Å². The smallest absolute Gasteiger partial charge is 0.271 e. The fourth-order valence-corrected chi connectivity index (χ4v) is 3.25. The van der Waals surface area contributed by atoms with Gasteiger partial charge >= 0.3 is 0 Å². The van der Waals surface area contributed by atoms with Crippen LogP contribution in [0.1, 0.15) is 33.2 Å². The second-order valence-corrected chi connectivity index (χ2v) is 6.73. The molecule has 1 amide bonds. The molecule has 0 bridgehead atoms. The first kappa shape index (κ1) is 15.8. The number of hydrogen-bond donors (Lipinski definition) is 2. The Morgan fingerprint density at radius 2 is 2.00 bits per heavy atom. The van der Waals surface area contributed by atoms with Gasteiger partial charge in [-0.1, -0.05) is 23.7 Å². The van der Waals surface area contributed by atoms with Gasteiger partial charge in [-0.25, -0.2) is 4.98 Å². The fraction of sp³-hybridized carbons (Fsp3) is 0.211. The Labute approximate surface area is 150 Å². The second-order valence-electron chi connectivity index (χ2n) is 6.29. The number of carbonyl (C=O) groups excluding carboxylic acids is 1. The highest BCUT2D eigenvalue weighted by Gasteiger charge is 2.26. The SMILES string of the molecule is Cc1ccnc(-c2nc3c([nH]2)C[C@@H](c2ccc(Cl)cc2)CNC3=O)c1. The average molecular weight is 353 g/mol. The molecule has 1 aliphatic heterocycles. The zero-order valence-electron chi connectivity index (χ0n) is 13.7. The molecule has 1 aliphatic rings. The van der Waals surface area contributed by atoms with Crippen molar-refractivity contribution in [3.05, 3.63) is 70.1 Å². The molecule has 0 aliphatic carbocycles. The standard InChI is InChI=1S/C19H17ClN4O/c1-11-6-7-21-16(8-11)18-23-15-9-13(10-22-19(25)17(15)24-18)12-2-4-14(20)5-3-12/h2-8,13H,9-10H2,1H3,(H,22,25)(H,23,24)/t13-/m1/s1. The van der Waals surface area contributed by atoms with E-state index in [9.17, 15) is 4.79 Å². The number of hydrogen-bond acceptors (Lipinski definition) is 3. The third kappa shape index (κ3) is 3.15. The van der Waals surface area contributed by atoms with E-state index in [-0.39, 0.29) is 11.8 Å². The van der Waals surface area contributed by atoms with Crippen LogP contribution in [0.5, 0.6) is 0 Å². The lowest BCUT2D eigenvalue weighted by Crippen LogP contribution is -2.26. The third-order valence-electron chi connectivity index (χ3n) is 4.45. The molecule has 4 rings (SSSR count). The molecule has 126 valence electrons. The lowest BCUT2D eigenvalue weighted by atomic mass is 9.94. The third-order valence-corrected chi connectivity index (χ3v) is 4.70. The van der Waals surface area contributed by atoms with Gasteiger partial charge in [0.1, 0.15) is 11.4 Å². The highest BCUT2D eigenvalue weighted by atomic mass is 35.5. The van der Waals surface area contributed by atoms with Crippen LogP contribution in [0.25, 0.3) is 11.5 Å². The van der Waals surface area contributed by atoms with Crippen LogP contribution in [-0.4, -0.2) is 27.4 Å². The number of aromatic nitrogens is 3. The maximum Gasteiger partial charge on any atom is 0.271 e. The molecule has 0 unspecified atom stereocenters. The minimum absolute atomic E-state index is 0.151. The van der Waals surface area contributed by atoms with Crippen molar-refractivity contribution in [2.24, 2.45) is 0 Å². The Bertz CT molecular complexity index is 933. The second kappa shape index (κ2) is 6.33. The molecule has 2 N–H and O–H groups in total. The van der Waals surface area contributed by atoms with Crippen LogP contribution in [-0.2, 0) is 6.42 Å². The Balaban J connectivity index is 1.70. The maximum atomic E-state index is 12.4. The number of rotatable bonds is 2. The van der Waals surface area contributed by atoms with Crippen molar-refractivity contribution in [1.82, 2.24) is 20.3 Å². The quantitative estimate of drug-likeness (QED) is 0.741. The molecule has 0 radical (unpaired) electrons. The van der Waals surface area contributed by atoms with Crippen molar-refractivity contribution < 1.29 is 4.79 Å². The van der Waals surface area contributed by atoms with E-state index >= 15 is 0 Å². The number of aromatic amines is 1. The number of H-pyrrole nitrogens is 1. The first-order chi connectivity index (χ1) is 12.1. The number of aryl methyl sites for hydroxylation is 1. The number of nitrogens with zero attached hydrogens (tertiary/aromatic N) is 2. The molecular formula is C19H17ClN4O. The molecule has 5 nitrogen and oxygen atoms in total. The Hall–Kier alpha value is -2.66. The summed E-state index contributed by atoms with van der Waals surface area (Å²) < 4.78 is 0. The summed E-state index contributed by atoms with van der Waals surface area (Å²) in [5.74, 6) is 0.642. The van der Waals surface area contributed by atoms with Gasteiger partial charge in [0.15, 0.2) is 5.82 Å². The summed E-state index contributed by atoms with van der Waals surface area (Å²) in [6.45, 7) is 2.57. The Morgan fingerprint density at radius 3 is 2.76 bits per heavy atom. The van der Waals surface area contributed by atoms with Crippen molar-refractivity contribution in [2.45, 2.75) is 19.3 Å². The lowest BCUT2D eigenvalue weighted by Gasteiger charge is -2.14. The number of benzene rings is 1. The number of halogens is 1. The first-order valence-electron chi connectivity index (χ1n) is 8.16. The molecule has 0 fully saturated rings. The van der Waals surface area contributed by atoms with E-state index in [0.717, 1.165) is 22.5 Å². The Kier molecular flexibility index (Phi) is 4.01.